The number of aromatic nitrogens is 5. The first-order valence-electron chi connectivity index (χ1n) is 8.38. The number of hydrogen-bond donors (Lipinski definition) is 1. The highest BCUT2D eigenvalue weighted by atomic mass is 19.1. The van der Waals surface area contributed by atoms with Crippen LogP contribution in [-0.2, 0) is 4.79 Å². The standard InChI is InChI=1S/C18H13FN6O2/c19-12-3-1-2-4-15(12)25-9-11(8-16(25)26)18-20-17(23-27-18)10-5-6-13-14(7-10)22-24-21-13/h1-7,11H,8-9H2,(H,21,22,24). The molecule has 1 aliphatic heterocycles. The number of hydrogen-bond acceptors (Lipinski definition) is 6. The molecule has 1 amide bonds. The molecule has 9 heteroatoms. The van der Waals surface area contributed by atoms with Gasteiger partial charge in [0.05, 0.1) is 11.6 Å². The fraction of sp³-hybridized carbons (Fsp3) is 0.167. The van der Waals surface area contributed by atoms with Crippen LogP contribution in [0, 0.1) is 5.82 Å². The van der Waals surface area contributed by atoms with Crippen LogP contribution in [0.1, 0.15) is 18.2 Å². The van der Waals surface area contributed by atoms with E-state index in [1.807, 2.05) is 12.1 Å². The third-order valence-electron chi connectivity index (χ3n) is 4.63. The van der Waals surface area contributed by atoms with Crippen LogP contribution >= 0.6 is 0 Å². The zero-order valence-corrected chi connectivity index (χ0v) is 14.0. The normalized spacial score (nSPS) is 17.1. The van der Waals surface area contributed by atoms with Gasteiger partial charge >= 0.3 is 0 Å². The number of fused-ring (bicyclic) bond motifs is 1. The lowest BCUT2D eigenvalue weighted by Gasteiger charge is -2.16. The van der Waals surface area contributed by atoms with Gasteiger partial charge in [0.25, 0.3) is 0 Å². The van der Waals surface area contributed by atoms with Crippen LogP contribution in [0.2, 0.25) is 0 Å². The molecule has 1 N–H and O–H groups in total. The minimum atomic E-state index is -0.432. The number of carbonyl (C=O) groups is 1. The third kappa shape index (κ3) is 2.64. The molecule has 4 aromatic rings. The van der Waals surface area contributed by atoms with Gasteiger partial charge in [-0.1, -0.05) is 17.3 Å². The van der Waals surface area contributed by atoms with Gasteiger partial charge in [-0.05, 0) is 30.3 Å². The average Bonchev–Trinajstić information content (AvgIpc) is 3.40. The fourth-order valence-corrected chi connectivity index (χ4v) is 3.27. The number of anilines is 1. The topological polar surface area (TPSA) is 101 Å². The molecule has 0 spiro atoms. The van der Waals surface area contributed by atoms with Crippen molar-refractivity contribution in [1.29, 1.82) is 0 Å². The van der Waals surface area contributed by atoms with E-state index in [1.54, 1.807) is 24.3 Å². The first kappa shape index (κ1) is 15.6. The van der Waals surface area contributed by atoms with Crippen molar-refractivity contribution < 1.29 is 13.7 Å². The van der Waals surface area contributed by atoms with Crippen molar-refractivity contribution in [3.05, 3.63) is 54.2 Å². The molecule has 1 fully saturated rings. The number of rotatable bonds is 3. The molecule has 0 saturated carbocycles. The van der Waals surface area contributed by atoms with Gasteiger partial charge in [0.15, 0.2) is 0 Å². The van der Waals surface area contributed by atoms with E-state index in [2.05, 4.69) is 25.6 Å². The van der Waals surface area contributed by atoms with E-state index in [-0.39, 0.29) is 23.9 Å². The van der Waals surface area contributed by atoms with Crippen molar-refractivity contribution in [1.82, 2.24) is 25.6 Å². The number of nitrogens with zero attached hydrogens (tertiary/aromatic N) is 5. The molecular formula is C18H13FN6O2. The molecule has 1 saturated heterocycles. The summed E-state index contributed by atoms with van der Waals surface area (Å²) in [6, 6.07) is 11.6. The van der Waals surface area contributed by atoms with Gasteiger partial charge in [-0.2, -0.15) is 20.4 Å². The molecule has 8 nitrogen and oxygen atoms in total. The SMILES string of the molecule is O=C1CC(c2nc(-c3ccc4n[nH]nc4c3)no2)CN1c1ccccc1F. The molecule has 0 radical (unpaired) electrons. The largest absolute Gasteiger partial charge is 0.339 e. The highest BCUT2D eigenvalue weighted by Gasteiger charge is 2.36. The van der Waals surface area contributed by atoms with Gasteiger partial charge in [0, 0.05) is 18.5 Å². The van der Waals surface area contributed by atoms with Crippen LogP contribution in [0.15, 0.2) is 47.0 Å². The second-order valence-electron chi connectivity index (χ2n) is 6.34. The summed E-state index contributed by atoms with van der Waals surface area (Å²) in [7, 11) is 0. The van der Waals surface area contributed by atoms with E-state index >= 15 is 0 Å². The van der Waals surface area contributed by atoms with E-state index < -0.39 is 5.82 Å². The number of amides is 1. The first-order valence-corrected chi connectivity index (χ1v) is 8.38. The van der Waals surface area contributed by atoms with Gasteiger partial charge in [0.1, 0.15) is 16.9 Å². The van der Waals surface area contributed by atoms with Crippen molar-refractivity contribution in [2.24, 2.45) is 0 Å². The Morgan fingerprint density at radius 1 is 1.15 bits per heavy atom. The van der Waals surface area contributed by atoms with Crippen molar-refractivity contribution in [2.75, 3.05) is 11.4 Å². The van der Waals surface area contributed by atoms with Crippen LogP contribution in [0.4, 0.5) is 10.1 Å². The number of carbonyl (C=O) groups excluding carboxylic acids is 1. The van der Waals surface area contributed by atoms with E-state index in [0.717, 1.165) is 11.1 Å². The zero-order valence-electron chi connectivity index (χ0n) is 14.0. The number of para-hydroxylation sites is 1. The number of aromatic amines is 1. The molecule has 1 aliphatic rings. The van der Waals surface area contributed by atoms with Gasteiger partial charge in [-0.3, -0.25) is 4.79 Å². The lowest BCUT2D eigenvalue weighted by Crippen LogP contribution is -2.25. The fourth-order valence-electron chi connectivity index (χ4n) is 3.27. The summed E-state index contributed by atoms with van der Waals surface area (Å²) in [5.74, 6) is -0.120. The van der Waals surface area contributed by atoms with Gasteiger partial charge < -0.3 is 9.42 Å². The Morgan fingerprint density at radius 3 is 2.89 bits per heavy atom. The van der Waals surface area contributed by atoms with Crippen molar-refractivity contribution in [2.45, 2.75) is 12.3 Å². The second-order valence-corrected chi connectivity index (χ2v) is 6.34. The minimum Gasteiger partial charge on any atom is -0.339 e. The highest BCUT2D eigenvalue weighted by Crippen LogP contribution is 2.33. The Morgan fingerprint density at radius 2 is 2.00 bits per heavy atom. The maximum atomic E-state index is 14.0. The van der Waals surface area contributed by atoms with Crippen molar-refractivity contribution in [3.8, 4) is 11.4 Å². The molecule has 2 aromatic heterocycles. The molecular weight excluding hydrogens is 351 g/mol. The smallest absolute Gasteiger partial charge is 0.232 e. The van der Waals surface area contributed by atoms with Crippen molar-refractivity contribution >= 4 is 22.6 Å². The summed E-state index contributed by atoms with van der Waals surface area (Å²) >= 11 is 0. The first-order chi connectivity index (χ1) is 13.2. The molecule has 1 atom stereocenters. The summed E-state index contributed by atoms with van der Waals surface area (Å²) in [5.41, 5.74) is 2.44. The lowest BCUT2D eigenvalue weighted by atomic mass is 10.1. The summed E-state index contributed by atoms with van der Waals surface area (Å²) in [6.45, 7) is 0.295. The third-order valence-corrected chi connectivity index (χ3v) is 4.63. The van der Waals surface area contributed by atoms with Crippen molar-refractivity contribution in [3.63, 3.8) is 0 Å². The number of nitrogens with one attached hydrogen (secondary N) is 1. The molecule has 2 aromatic carbocycles. The summed E-state index contributed by atoms with van der Waals surface area (Å²) < 4.78 is 19.4. The summed E-state index contributed by atoms with van der Waals surface area (Å²) in [5, 5.41) is 14.6. The maximum absolute atomic E-state index is 14.0. The van der Waals surface area contributed by atoms with Crippen LogP contribution in [0.25, 0.3) is 22.4 Å². The van der Waals surface area contributed by atoms with Crippen LogP contribution in [-0.4, -0.2) is 38.0 Å². The lowest BCUT2D eigenvalue weighted by molar-refractivity contribution is -0.117. The Balaban J connectivity index is 1.41. The Hall–Kier alpha value is -3.62. The number of benzene rings is 2. The van der Waals surface area contributed by atoms with E-state index in [1.165, 1.54) is 11.0 Å². The number of H-pyrrole nitrogens is 1. The Bertz CT molecular complexity index is 1150. The highest BCUT2D eigenvalue weighted by molar-refractivity contribution is 5.96. The predicted octanol–water partition coefficient (Wildman–Crippen LogP) is 2.67. The maximum Gasteiger partial charge on any atom is 0.232 e. The molecule has 134 valence electrons. The predicted molar refractivity (Wildman–Crippen MR) is 93.3 cm³/mol. The van der Waals surface area contributed by atoms with Crippen LogP contribution in [0.3, 0.4) is 0 Å². The van der Waals surface area contributed by atoms with E-state index in [9.17, 15) is 9.18 Å². The van der Waals surface area contributed by atoms with E-state index in [4.69, 9.17) is 4.52 Å². The molecule has 1 unspecified atom stereocenters. The molecule has 0 aliphatic carbocycles. The monoisotopic (exact) mass is 364 g/mol. The average molecular weight is 364 g/mol. The Labute approximate surface area is 152 Å². The van der Waals surface area contributed by atoms with E-state index in [0.29, 0.717) is 23.8 Å². The zero-order chi connectivity index (χ0) is 18.4. The molecule has 5 rings (SSSR count). The quantitative estimate of drug-likeness (QED) is 0.600. The molecule has 27 heavy (non-hydrogen) atoms. The van der Waals surface area contributed by atoms with Crippen LogP contribution in [0.5, 0.6) is 0 Å². The Kier molecular flexibility index (Phi) is 3.46. The second kappa shape index (κ2) is 5.97. The van der Waals surface area contributed by atoms with Gasteiger partial charge in [-0.25, -0.2) is 4.39 Å². The summed E-state index contributed by atoms with van der Waals surface area (Å²) in [6.07, 6.45) is 0.193. The number of halogens is 1. The molecule has 3 heterocycles. The minimum absolute atomic E-state index is 0.172. The van der Waals surface area contributed by atoms with Gasteiger partial charge in [0.2, 0.25) is 17.6 Å². The van der Waals surface area contributed by atoms with Gasteiger partial charge in [-0.15, -0.1) is 0 Å². The van der Waals surface area contributed by atoms with Crippen LogP contribution < -0.4 is 4.90 Å². The molecule has 0 bridgehead atoms. The summed E-state index contributed by atoms with van der Waals surface area (Å²) in [4.78, 5) is 18.2.